The Morgan fingerprint density at radius 2 is 1.71 bits per heavy atom. The van der Waals surface area contributed by atoms with Crippen molar-refractivity contribution in [2.45, 2.75) is 52.1 Å². The Morgan fingerprint density at radius 3 is 2.46 bits per heavy atom. The van der Waals surface area contributed by atoms with E-state index >= 15 is 0 Å². The van der Waals surface area contributed by atoms with Crippen LogP contribution in [0.2, 0.25) is 0 Å². The molecule has 1 aromatic heterocycles. The van der Waals surface area contributed by atoms with Gasteiger partial charge in [0, 0.05) is 28.6 Å². The molecule has 1 atom stereocenters. The Kier molecular flexibility index (Phi) is 6.73. The van der Waals surface area contributed by atoms with Crippen LogP contribution in [0.1, 0.15) is 60.8 Å². The molecule has 3 nitrogen and oxygen atoms in total. The van der Waals surface area contributed by atoms with Crippen molar-refractivity contribution >= 4 is 16.8 Å². The minimum Gasteiger partial charge on any atom is -0.330 e. The molecule has 3 heteroatoms. The highest BCUT2D eigenvalue weighted by atomic mass is 16.2. The van der Waals surface area contributed by atoms with E-state index in [1.165, 1.54) is 33.3 Å². The van der Waals surface area contributed by atoms with Crippen molar-refractivity contribution in [1.29, 1.82) is 0 Å². The lowest BCUT2D eigenvalue weighted by atomic mass is 9.97. The predicted octanol–water partition coefficient (Wildman–Crippen LogP) is 7.26. The van der Waals surface area contributed by atoms with Gasteiger partial charge in [0.2, 0.25) is 0 Å². The van der Waals surface area contributed by atoms with E-state index in [0.29, 0.717) is 6.54 Å². The van der Waals surface area contributed by atoms with Crippen LogP contribution in [0.15, 0.2) is 78.9 Å². The molecule has 1 aliphatic rings. The molecule has 0 spiro atoms. The molecule has 0 bridgehead atoms. The molecule has 0 N–H and O–H groups in total. The van der Waals surface area contributed by atoms with Crippen LogP contribution in [-0.4, -0.2) is 21.9 Å². The zero-order chi connectivity index (χ0) is 24.2. The molecule has 1 unspecified atom stereocenters. The fourth-order valence-electron chi connectivity index (χ4n) is 5.47. The SMILES string of the molecule is CC#CCn1c(C2CCCN2C(=O)c2ccc(CCC)cc2)c(-c2ccccc2)c2ccccc21. The van der Waals surface area contributed by atoms with Crippen LogP contribution in [0.25, 0.3) is 22.0 Å². The zero-order valence-electron chi connectivity index (χ0n) is 20.6. The number of nitrogens with zero attached hydrogens (tertiary/aromatic N) is 2. The highest BCUT2D eigenvalue weighted by Crippen LogP contribution is 2.44. The summed E-state index contributed by atoms with van der Waals surface area (Å²) in [5.74, 6) is 6.48. The maximum atomic E-state index is 13.8. The molecule has 3 aromatic carbocycles. The molecule has 5 rings (SSSR count). The van der Waals surface area contributed by atoms with Crippen molar-refractivity contribution in [2.75, 3.05) is 6.54 Å². The fourth-order valence-corrected chi connectivity index (χ4v) is 5.47. The molecule has 1 aliphatic heterocycles. The minimum atomic E-state index is 0.0130. The number of benzene rings is 3. The van der Waals surface area contributed by atoms with Gasteiger partial charge in [0.15, 0.2) is 0 Å². The first-order chi connectivity index (χ1) is 17.2. The van der Waals surface area contributed by atoms with E-state index in [9.17, 15) is 4.79 Å². The molecule has 4 aromatic rings. The number of rotatable bonds is 6. The van der Waals surface area contributed by atoms with Crippen molar-refractivity contribution in [3.8, 4) is 23.0 Å². The van der Waals surface area contributed by atoms with Crippen LogP contribution < -0.4 is 0 Å². The molecule has 0 saturated carbocycles. The van der Waals surface area contributed by atoms with Crippen LogP contribution >= 0.6 is 0 Å². The summed E-state index contributed by atoms with van der Waals surface area (Å²) in [5.41, 5.74) is 6.84. The number of hydrogen-bond acceptors (Lipinski definition) is 1. The number of carbonyl (C=O) groups is 1. The van der Waals surface area contributed by atoms with Crippen LogP contribution in [0.4, 0.5) is 0 Å². The highest BCUT2D eigenvalue weighted by molar-refractivity contribution is 5.99. The van der Waals surface area contributed by atoms with Crippen molar-refractivity contribution in [2.24, 2.45) is 0 Å². The molecule has 1 fully saturated rings. The number of fused-ring (bicyclic) bond motifs is 1. The number of aryl methyl sites for hydroxylation is 1. The van der Waals surface area contributed by atoms with Gasteiger partial charge in [-0.15, -0.1) is 5.92 Å². The zero-order valence-corrected chi connectivity index (χ0v) is 20.6. The predicted molar refractivity (Wildman–Crippen MR) is 144 cm³/mol. The second-order valence-electron chi connectivity index (χ2n) is 9.26. The summed E-state index contributed by atoms with van der Waals surface area (Å²) in [6.45, 7) is 5.45. The monoisotopic (exact) mass is 460 g/mol. The smallest absolute Gasteiger partial charge is 0.254 e. The summed E-state index contributed by atoms with van der Waals surface area (Å²) < 4.78 is 2.34. The quantitative estimate of drug-likeness (QED) is 0.278. The van der Waals surface area contributed by atoms with Crippen LogP contribution in [0, 0.1) is 11.8 Å². The maximum Gasteiger partial charge on any atom is 0.254 e. The van der Waals surface area contributed by atoms with Crippen molar-refractivity contribution in [3.05, 3.63) is 95.7 Å². The lowest BCUT2D eigenvalue weighted by Crippen LogP contribution is -2.32. The Bertz CT molecular complexity index is 1390. The largest absolute Gasteiger partial charge is 0.330 e. The van der Waals surface area contributed by atoms with E-state index in [2.05, 4.69) is 95.0 Å². The van der Waals surface area contributed by atoms with E-state index in [1.54, 1.807) is 0 Å². The number of amides is 1. The summed E-state index contributed by atoms with van der Waals surface area (Å²) in [6, 6.07) is 27.4. The summed E-state index contributed by atoms with van der Waals surface area (Å²) >= 11 is 0. The van der Waals surface area contributed by atoms with Gasteiger partial charge in [-0.05, 0) is 55.5 Å². The molecule has 2 heterocycles. The second-order valence-corrected chi connectivity index (χ2v) is 9.26. The van der Waals surface area contributed by atoms with Crippen molar-refractivity contribution < 1.29 is 4.79 Å². The first kappa shape index (κ1) is 23.0. The molecule has 35 heavy (non-hydrogen) atoms. The molecule has 0 aliphatic carbocycles. The van der Waals surface area contributed by atoms with Gasteiger partial charge in [-0.25, -0.2) is 0 Å². The van der Waals surface area contributed by atoms with Crippen LogP contribution in [-0.2, 0) is 13.0 Å². The molecule has 1 amide bonds. The summed E-state index contributed by atoms with van der Waals surface area (Å²) in [4.78, 5) is 15.9. The van der Waals surface area contributed by atoms with E-state index in [0.717, 1.165) is 37.8 Å². The first-order valence-electron chi connectivity index (χ1n) is 12.7. The third kappa shape index (κ3) is 4.37. The van der Waals surface area contributed by atoms with Gasteiger partial charge in [-0.2, -0.15) is 0 Å². The Labute approximate surface area is 208 Å². The molecular formula is C32H32N2O. The number of para-hydroxylation sites is 1. The topological polar surface area (TPSA) is 25.2 Å². The lowest BCUT2D eigenvalue weighted by Gasteiger charge is -2.27. The fraction of sp³-hybridized carbons (Fsp3) is 0.281. The standard InChI is InChI=1S/C32H32N2O/c1-3-5-22-33-28-16-10-9-15-27(28)30(25-13-7-6-8-14-25)31(33)29-17-11-23-34(29)32(35)26-20-18-24(12-4-2)19-21-26/h6-10,13-16,18-21,29H,4,11-12,17,22-23H2,1-2H3. The second kappa shape index (κ2) is 10.2. The van der Waals surface area contributed by atoms with Gasteiger partial charge < -0.3 is 9.47 Å². The van der Waals surface area contributed by atoms with Gasteiger partial charge in [-0.1, -0.05) is 79.9 Å². The Balaban J connectivity index is 1.64. The van der Waals surface area contributed by atoms with Gasteiger partial charge in [0.25, 0.3) is 5.91 Å². The van der Waals surface area contributed by atoms with Crippen molar-refractivity contribution in [3.63, 3.8) is 0 Å². The third-order valence-corrected chi connectivity index (χ3v) is 7.06. The summed E-state index contributed by atoms with van der Waals surface area (Å²) in [6.07, 6.45) is 4.10. The number of hydrogen-bond donors (Lipinski definition) is 0. The van der Waals surface area contributed by atoms with Gasteiger partial charge >= 0.3 is 0 Å². The first-order valence-corrected chi connectivity index (χ1v) is 12.7. The average Bonchev–Trinajstić information content (AvgIpc) is 3.51. The van der Waals surface area contributed by atoms with Crippen LogP contribution in [0.5, 0.6) is 0 Å². The summed E-state index contributed by atoms with van der Waals surface area (Å²) in [7, 11) is 0. The van der Waals surface area contributed by atoms with E-state index in [1.807, 2.05) is 19.1 Å². The normalized spacial score (nSPS) is 15.3. The van der Waals surface area contributed by atoms with Crippen LogP contribution in [0.3, 0.4) is 0 Å². The third-order valence-electron chi connectivity index (χ3n) is 7.06. The lowest BCUT2D eigenvalue weighted by molar-refractivity contribution is 0.0731. The minimum absolute atomic E-state index is 0.0130. The van der Waals surface area contributed by atoms with E-state index in [4.69, 9.17) is 0 Å². The number of carbonyl (C=O) groups excluding carboxylic acids is 1. The van der Waals surface area contributed by atoms with E-state index < -0.39 is 0 Å². The Hall–Kier alpha value is -3.77. The van der Waals surface area contributed by atoms with Gasteiger partial charge in [0.05, 0.1) is 18.3 Å². The highest BCUT2D eigenvalue weighted by Gasteiger charge is 2.35. The number of aromatic nitrogens is 1. The van der Waals surface area contributed by atoms with Gasteiger partial charge in [-0.3, -0.25) is 4.79 Å². The van der Waals surface area contributed by atoms with Crippen molar-refractivity contribution in [1.82, 2.24) is 9.47 Å². The molecule has 0 radical (unpaired) electrons. The molecule has 176 valence electrons. The van der Waals surface area contributed by atoms with E-state index in [-0.39, 0.29) is 11.9 Å². The van der Waals surface area contributed by atoms with Gasteiger partial charge in [0.1, 0.15) is 0 Å². The average molecular weight is 461 g/mol. The molecular weight excluding hydrogens is 428 g/mol. The molecule has 1 saturated heterocycles. The maximum absolute atomic E-state index is 13.8. The summed E-state index contributed by atoms with van der Waals surface area (Å²) in [5, 5.41) is 1.22. The Morgan fingerprint density at radius 1 is 0.971 bits per heavy atom. The number of likely N-dealkylation sites (tertiary alicyclic amines) is 1.